The second kappa shape index (κ2) is 10.5. The minimum absolute atomic E-state index is 0.113. The number of halogens is 1. The molecule has 0 bridgehead atoms. The van der Waals surface area contributed by atoms with E-state index in [-0.39, 0.29) is 29.2 Å². The Bertz CT molecular complexity index is 896. The van der Waals surface area contributed by atoms with Gasteiger partial charge in [-0.05, 0) is 42.3 Å². The third kappa shape index (κ3) is 6.35. The molecule has 8 heteroatoms. The van der Waals surface area contributed by atoms with Gasteiger partial charge in [-0.1, -0.05) is 38.1 Å². The molecule has 29 heavy (non-hydrogen) atoms. The van der Waals surface area contributed by atoms with E-state index in [2.05, 4.69) is 10.6 Å². The maximum absolute atomic E-state index is 12.9. The van der Waals surface area contributed by atoms with E-state index in [1.54, 1.807) is 36.4 Å². The highest BCUT2D eigenvalue weighted by Gasteiger charge is 2.21. The molecule has 0 unspecified atom stereocenters. The van der Waals surface area contributed by atoms with Crippen LogP contribution in [0.4, 0.5) is 4.39 Å². The maximum atomic E-state index is 12.9. The Labute approximate surface area is 172 Å². The van der Waals surface area contributed by atoms with Crippen LogP contribution in [0.1, 0.15) is 37.9 Å². The fourth-order valence-corrected chi connectivity index (χ4v) is 4.33. The molecule has 1 amide bonds. The zero-order valence-corrected chi connectivity index (χ0v) is 17.8. The highest BCUT2D eigenvalue weighted by Crippen LogP contribution is 2.19. The topological polar surface area (TPSA) is 78.5 Å². The summed E-state index contributed by atoms with van der Waals surface area (Å²) in [5.41, 5.74) is 1.70. The Morgan fingerprint density at radius 1 is 1.03 bits per heavy atom. The van der Waals surface area contributed by atoms with E-state index in [0.717, 1.165) is 11.1 Å². The molecule has 0 aliphatic carbocycles. The summed E-state index contributed by atoms with van der Waals surface area (Å²) < 4.78 is 39.4. The molecular formula is C21H28FN3O3S. The summed E-state index contributed by atoms with van der Waals surface area (Å²) in [4.78, 5) is 12.3. The molecule has 0 heterocycles. The molecule has 1 atom stereocenters. The molecule has 0 saturated heterocycles. The number of rotatable bonds is 10. The Kier molecular flexibility index (Phi) is 8.31. The van der Waals surface area contributed by atoms with Crippen LogP contribution in [0.5, 0.6) is 0 Å². The number of hydrogen-bond donors (Lipinski definition) is 2. The minimum Gasteiger partial charge on any atom is -0.351 e. The SMILES string of the molecule is CCN(CC)S(=O)(=O)c1ccc([C@H](C)NCC(=O)NCc2ccc(F)cc2)cc1. The Morgan fingerprint density at radius 3 is 2.17 bits per heavy atom. The number of sulfonamides is 1. The zero-order chi connectivity index (χ0) is 21.4. The molecule has 2 rings (SSSR count). The average molecular weight is 422 g/mol. The third-order valence-electron chi connectivity index (χ3n) is 4.70. The minimum atomic E-state index is -3.48. The standard InChI is InChI=1S/C21H28FN3O3S/c1-4-25(5-2)29(27,28)20-12-8-18(9-13-20)16(3)23-15-21(26)24-14-17-6-10-19(22)11-7-17/h6-13,16,23H,4-5,14-15H2,1-3H3,(H,24,26)/t16-/m0/s1. The summed E-state index contributed by atoms with van der Waals surface area (Å²) in [6.45, 7) is 6.80. The lowest BCUT2D eigenvalue weighted by Crippen LogP contribution is -2.34. The summed E-state index contributed by atoms with van der Waals surface area (Å²) in [5.74, 6) is -0.492. The van der Waals surface area contributed by atoms with Crippen molar-refractivity contribution in [2.45, 2.75) is 38.3 Å². The van der Waals surface area contributed by atoms with Gasteiger partial charge in [-0.3, -0.25) is 4.79 Å². The molecule has 2 aromatic carbocycles. The van der Waals surface area contributed by atoms with Crippen molar-refractivity contribution in [3.8, 4) is 0 Å². The molecule has 0 aromatic heterocycles. The van der Waals surface area contributed by atoms with Crippen molar-refractivity contribution in [1.82, 2.24) is 14.9 Å². The summed E-state index contributed by atoms with van der Waals surface area (Å²) in [6, 6.07) is 12.5. The molecular weight excluding hydrogens is 393 g/mol. The van der Waals surface area contributed by atoms with E-state index in [4.69, 9.17) is 0 Å². The first-order chi connectivity index (χ1) is 13.8. The number of carbonyl (C=O) groups excluding carboxylic acids is 1. The van der Waals surface area contributed by atoms with Gasteiger partial charge < -0.3 is 10.6 Å². The molecule has 0 aliphatic rings. The zero-order valence-electron chi connectivity index (χ0n) is 17.0. The molecule has 158 valence electrons. The van der Waals surface area contributed by atoms with E-state index in [1.807, 2.05) is 20.8 Å². The van der Waals surface area contributed by atoms with E-state index in [1.165, 1.54) is 16.4 Å². The second-order valence-corrected chi connectivity index (χ2v) is 8.60. The number of benzene rings is 2. The number of nitrogens with one attached hydrogen (secondary N) is 2. The molecule has 2 N–H and O–H groups in total. The van der Waals surface area contributed by atoms with Crippen LogP contribution in [0.3, 0.4) is 0 Å². The second-order valence-electron chi connectivity index (χ2n) is 6.66. The summed E-state index contributed by atoms with van der Waals surface area (Å²) in [6.07, 6.45) is 0. The van der Waals surface area contributed by atoms with Crippen molar-refractivity contribution in [3.05, 3.63) is 65.5 Å². The molecule has 0 spiro atoms. The fourth-order valence-electron chi connectivity index (χ4n) is 2.87. The lowest BCUT2D eigenvalue weighted by molar-refractivity contribution is -0.120. The lowest BCUT2D eigenvalue weighted by atomic mass is 10.1. The Balaban J connectivity index is 1.88. The van der Waals surface area contributed by atoms with Crippen molar-refractivity contribution < 1.29 is 17.6 Å². The maximum Gasteiger partial charge on any atom is 0.243 e. The summed E-state index contributed by atoms with van der Waals surface area (Å²) in [5, 5.41) is 5.89. The Morgan fingerprint density at radius 2 is 1.62 bits per heavy atom. The van der Waals surface area contributed by atoms with Gasteiger partial charge in [0.2, 0.25) is 15.9 Å². The first kappa shape index (κ1) is 23.0. The van der Waals surface area contributed by atoms with Crippen LogP contribution in [0, 0.1) is 5.82 Å². The Hall–Kier alpha value is -2.29. The number of nitrogens with zero attached hydrogens (tertiary/aromatic N) is 1. The quantitative estimate of drug-likeness (QED) is 0.618. The van der Waals surface area contributed by atoms with Crippen molar-refractivity contribution in [2.75, 3.05) is 19.6 Å². The monoisotopic (exact) mass is 421 g/mol. The lowest BCUT2D eigenvalue weighted by Gasteiger charge is -2.19. The van der Waals surface area contributed by atoms with Crippen LogP contribution in [0.25, 0.3) is 0 Å². The van der Waals surface area contributed by atoms with Gasteiger partial charge in [0.15, 0.2) is 0 Å². The van der Waals surface area contributed by atoms with Gasteiger partial charge in [0, 0.05) is 25.7 Å². The highest BCUT2D eigenvalue weighted by atomic mass is 32.2. The molecule has 0 aliphatic heterocycles. The van der Waals surface area contributed by atoms with Gasteiger partial charge in [-0.2, -0.15) is 4.31 Å². The average Bonchev–Trinajstić information content (AvgIpc) is 2.72. The predicted octanol–water partition coefficient (Wildman–Crippen LogP) is 2.82. The fraction of sp³-hybridized carbons (Fsp3) is 0.381. The molecule has 2 aromatic rings. The van der Waals surface area contributed by atoms with Crippen LogP contribution < -0.4 is 10.6 Å². The predicted molar refractivity (Wildman–Crippen MR) is 111 cm³/mol. The number of carbonyl (C=O) groups is 1. The van der Waals surface area contributed by atoms with E-state index in [9.17, 15) is 17.6 Å². The molecule has 6 nitrogen and oxygen atoms in total. The molecule has 0 fully saturated rings. The smallest absolute Gasteiger partial charge is 0.243 e. The van der Waals surface area contributed by atoms with Crippen molar-refractivity contribution in [2.24, 2.45) is 0 Å². The van der Waals surface area contributed by atoms with E-state index < -0.39 is 10.0 Å². The van der Waals surface area contributed by atoms with Crippen LogP contribution in [0.15, 0.2) is 53.4 Å². The first-order valence-corrected chi connectivity index (χ1v) is 11.1. The van der Waals surface area contributed by atoms with Crippen LogP contribution in [-0.4, -0.2) is 38.3 Å². The largest absolute Gasteiger partial charge is 0.351 e. The molecule has 0 saturated carbocycles. The van der Waals surface area contributed by atoms with E-state index >= 15 is 0 Å². The van der Waals surface area contributed by atoms with E-state index in [0.29, 0.717) is 19.6 Å². The van der Waals surface area contributed by atoms with Crippen LogP contribution >= 0.6 is 0 Å². The van der Waals surface area contributed by atoms with Crippen molar-refractivity contribution >= 4 is 15.9 Å². The van der Waals surface area contributed by atoms with Crippen molar-refractivity contribution in [3.63, 3.8) is 0 Å². The number of amides is 1. The van der Waals surface area contributed by atoms with Crippen molar-refractivity contribution in [1.29, 1.82) is 0 Å². The summed E-state index contributed by atoms with van der Waals surface area (Å²) >= 11 is 0. The highest BCUT2D eigenvalue weighted by molar-refractivity contribution is 7.89. The van der Waals surface area contributed by atoms with Crippen LogP contribution in [-0.2, 0) is 21.4 Å². The van der Waals surface area contributed by atoms with Gasteiger partial charge in [0.05, 0.1) is 11.4 Å². The first-order valence-electron chi connectivity index (χ1n) is 9.62. The van der Waals surface area contributed by atoms with Gasteiger partial charge in [-0.25, -0.2) is 12.8 Å². The van der Waals surface area contributed by atoms with Gasteiger partial charge in [-0.15, -0.1) is 0 Å². The van der Waals surface area contributed by atoms with Crippen LogP contribution in [0.2, 0.25) is 0 Å². The molecule has 0 radical (unpaired) electrons. The number of hydrogen-bond acceptors (Lipinski definition) is 4. The normalized spacial score (nSPS) is 12.7. The van der Waals surface area contributed by atoms with Gasteiger partial charge >= 0.3 is 0 Å². The summed E-state index contributed by atoms with van der Waals surface area (Å²) in [7, 11) is -3.48. The van der Waals surface area contributed by atoms with Gasteiger partial charge in [0.1, 0.15) is 5.82 Å². The third-order valence-corrected chi connectivity index (χ3v) is 6.76. The van der Waals surface area contributed by atoms with Gasteiger partial charge in [0.25, 0.3) is 0 Å².